The summed E-state index contributed by atoms with van der Waals surface area (Å²) in [6, 6.07) is 5.61. The van der Waals surface area contributed by atoms with E-state index in [0.717, 1.165) is 10.0 Å². The van der Waals surface area contributed by atoms with Gasteiger partial charge in [0.25, 0.3) is 0 Å². The first-order valence-corrected chi connectivity index (χ1v) is 7.30. The van der Waals surface area contributed by atoms with E-state index in [-0.39, 0.29) is 6.54 Å². The van der Waals surface area contributed by atoms with Crippen molar-refractivity contribution in [3.63, 3.8) is 0 Å². The van der Waals surface area contributed by atoms with Crippen LogP contribution in [0.4, 0.5) is 4.79 Å². The van der Waals surface area contributed by atoms with Crippen LogP contribution in [0.5, 0.6) is 5.75 Å². The number of ether oxygens (including phenoxy) is 2. The Balaban J connectivity index is 2.96. The second-order valence-corrected chi connectivity index (χ2v) is 6.41. The summed E-state index contributed by atoms with van der Waals surface area (Å²) in [6.45, 7) is 5.95. The minimum absolute atomic E-state index is 0.171. The smallest absolute Gasteiger partial charge is 0.411 e. The number of hydrogen-bond donors (Lipinski definition) is 0. The lowest BCUT2D eigenvalue weighted by atomic mass is 10.2. The third-order valence-corrected chi connectivity index (χ3v) is 3.03. The molecule has 1 amide bonds. The van der Waals surface area contributed by atoms with Crippen molar-refractivity contribution in [1.82, 2.24) is 4.90 Å². The number of nitrogens with zero attached hydrogens (tertiary/aromatic N) is 1. The van der Waals surface area contributed by atoms with Gasteiger partial charge < -0.3 is 9.47 Å². The average molecular weight is 354 g/mol. The van der Waals surface area contributed by atoms with E-state index in [1.165, 1.54) is 4.90 Å². The zero-order chi connectivity index (χ0) is 16.0. The van der Waals surface area contributed by atoms with E-state index in [4.69, 9.17) is 15.9 Å². The van der Waals surface area contributed by atoms with Crippen LogP contribution in [-0.2, 0) is 11.3 Å². The van der Waals surface area contributed by atoms with Gasteiger partial charge >= 0.3 is 6.09 Å². The quantitative estimate of drug-likeness (QED) is 0.772. The van der Waals surface area contributed by atoms with E-state index in [9.17, 15) is 4.79 Å². The Kier molecular flexibility index (Phi) is 6.10. The van der Waals surface area contributed by atoms with Gasteiger partial charge in [-0.1, -0.05) is 21.9 Å². The molecule has 0 spiro atoms. The summed E-state index contributed by atoms with van der Waals surface area (Å²) in [5, 5.41) is 0. The summed E-state index contributed by atoms with van der Waals surface area (Å²) < 4.78 is 11.6. The molecule has 0 saturated heterocycles. The monoisotopic (exact) mass is 353 g/mol. The molecule has 0 radical (unpaired) electrons. The molecule has 5 heteroatoms. The number of amides is 1. The number of carbonyl (C=O) groups excluding carboxylic acids is 1. The second-order valence-electron chi connectivity index (χ2n) is 5.50. The van der Waals surface area contributed by atoms with Crippen LogP contribution in [0.15, 0.2) is 22.7 Å². The zero-order valence-corrected chi connectivity index (χ0v) is 14.4. The highest BCUT2D eigenvalue weighted by Gasteiger charge is 2.22. The Morgan fingerprint density at radius 1 is 1.43 bits per heavy atom. The number of halogens is 1. The zero-order valence-electron chi connectivity index (χ0n) is 12.8. The summed E-state index contributed by atoms with van der Waals surface area (Å²) in [5.41, 5.74) is 0.290. The summed E-state index contributed by atoms with van der Waals surface area (Å²) in [5.74, 6) is 3.18. The largest absolute Gasteiger partial charge is 0.496 e. The Morgan fingerprint density at radius 2 is 2.10 bits per heavy atom. The first kappa shape index (κ1) is 17.4. The number of rotatable bonds is 4. The van der Waals surface area contributed by atoms with Crippen molar-refractivity contribution < 1.29 is 14.3 Å². The van der Waals surface area contributed by atoms with Crippen LogP contribution in [0.25, 0.3) is 0 Å². The van der Waals surface area contributed by atoms with Crippen LogP contribution in [0.3, 0.4) is 0 Å². The average Bonchev–Trinajstić information content (AvgIpc) is 2.36. The number of hydrogen-bond acceptors (Lipinski definition) is 3. The molecule has 1 rings (SSSR count). The van der Waals surface area contributed by atoms with Gasteiger partial charge in [0.1, 0.15) is 11.4 Å². The Morgan fingerprint density at radius 3 is 2.62 bits per heavy atom. The fourth-order valence-corrected chi connectivity index (χ4v) is 2.11. The van der Waals surface area contributed by atoms with Crippen molar-refractivity contribution >= 4 is 22.0 Å². The maximum Gasteiger partial charge on any atom is 0.411 e. The molecular formula is C16H20BrNO3. The highest BCUT2D eigenvalue weighted by Crippen LogP contribution is 2.25. The van der Waals surface area contributed by atoms with Crippen molar-refractivity contribution in [3.8, 4) is 18.1 Å². The molecule has 0 bridgehead atoms. The van der Waals surface area contributed by atoms with Crippen molar-refractivity contribution in [3.05, 3.63) is 28.2 Å². The molecule has 0 aliphatic carbocycles. The first-order valence-electron chi connectivity index (χ1n) is 6.50. The molecule has 0 aromatic heterocycles. The molecule has 0 atom stereocenters. The second kappa shape index (κ2) is 7.37. The summed E-state index contributed by atoms with van der Waals surface area (Å²) in [4.78, 5) is 13.7. The highest BCUT2D eigenvalue weighted by atomic mass is 79.9. The van der Waals surface area contributed by atoms with Crippen LogP contribution < -0.4 is 4.74 Å². The summed E-state index contributed by atoms with van der Waals surface area (Å²) >= 11 is 3.41. The lowest BCUT2D eigenvalue weighted by Gasteiger charge is -2.26. The number of carbonyl (C=O) groups is 1. The molecule has 4 nitrogen and oxygen atoms in total. The molecular weight excluding hydrogens is 334 g/mol. The highest BCUT2D eigenvalue weighted by molar-refractivity contribution is 9.10. The van der Waals surface area contributed by atoms with Crippen molar-refractivity contribution in [2.24, 2.45) is 0 Å². The van der Waals surface area contributed by atoms with Crippen molar-refractivity contribution in [1.29, 1.82) is 0 Å². The van der Waals surface area contributed by atoms with Gasteiger partial charge in [-0.25, -0.2) is 4.79 Å². The predicted octanol–water partition coefficient (Wildman–Crippen LogP) is 3.83. The van der Waals surface area contributed by atoms with E-state index in [0.29, 0.717) is 12.3 Å². The van der Waals surface area contributed by atoms with Crippen molar-refractivity contribution in [2.75, 3.05) is 13.7 Å². The van der Waals surface area contributed by atoms with E-state index in [2.05, 4.69) is 21.9 Å². The minimum atomic E-state index is -0.564. The number of terminal acetylenes is 1. The maximum atomic E-state index is 12.2. The SMILES string of the molecule is C#CCN(Cc1cc(Br)ccc1OC)C(=O)OC(C)(C)C. The Hall–Kier alpha value is -1.67. The minimum Gasteiger partial charge on any atom is -0.496 e. The van der Waals surface area contributed by atoms with Crippen LogP contribution in [0.2, 0.25) is 0 Å². The third kappa shape index (κ3) is 5.68. The molecule has 114 valence electrons. The predicted molar refractivity (Wildman–Crippen MR) is 86.2 cm³/mol. The molecule has 0 N–H and O–H groups in total. The maximum absolute atomic E-state index is 12.2. The fourth-order valence-electron chi connectivity index (χ4n) is 1.70. The first-order chi connectivity index (χ1) is 9.76. The molecule has 0 fully saturated rings. The van der Waals surface area contributed by atoms with Crippen LogP contribution in [0.1, 0.15) is 26.3 Å². The molecule has 21 heavy (non-hydrogen) atoms. The standard InChI is InChI=1S/C16H20BrNO3/c1-6-9-18(15(19)21-16(2,3)4)11-12-10-13(17)7-8-14(12)20-5/h1,7-8,10H,9,11H2,2-5H3. The van der Waals surface area contributed by atoms with Gasteiger partial charge in [-0.2, -0.15) is 0 Å². The lowest BCUT2D eigenvalue weighted by molar-refractivity contribution is 0.0259. The van der Waals surface area contributed by atoms with Gasteiger partial charge in [-0.3, -0.25) is 4.90 Å². The normalized spacial score (nSPS) is 10.7. The number of methoxy groups -OCH3 is 1. The Labute approximate surface area is 134 Å². The van der Waals surface area contributed by atoms with E-state index < -0.39 is 11.7 Å². The topological polar surface area (TPSA) is 38.8 Å². The van der Waals surface area contributed by atoms with Crippen molar-refractivity contribution in [2.45, 2.75) is 32.9 Å². The molecule has 0 unspecified atom stereocenters. The lowest BCUT2D eigenvalue weighted by Crippen LogP contribution is -2.36. The molecule has 1 aromatic carbocycles. The molecule has 0 heterocycles. The van der Waals surface area contributed by atoms with Gasteiger partial charge in [-0.05, 0) is 39.0 Å². The molecule has 0 saturated carbocycles. The molecule has 0 aliphatic heterocycles. The summed E-state index contributed by atoms with van der Waals surface area (Å²) in [6.07, 6.45) is 4.90. The molecule has 1 aromatic rings. The van der Waals surface area contributed by atoms with E-state index in [1.54, 1.807) is 7.11 Å². The van der Waals surface area contributed by atoms with Crippen LogP contribution >= 0.6 is 15.9 Å². The summed E-state index contributed by atoms with van der Waals surface area (Å²) in [7, 11) is 1.59. The number of benzene rings is 1. The third-order valence-electron chi connectivity index (χ3n) is 2.54. The van der Waals surface area contributed by atoms with Gasteiger partial charge in [0.15, 0.2) is 0 Å². The van der Waals surface area contributed by atoms with Gasteiger partial charge in [0, 0.05) is 10.0 Å². The molecule has 0 aliphatic rings. The fraction of sp³-hybridized carbons (Fsp3) is 0.438. The van der Waals surface area contributed by atoms with E-state index >= 15 is 0 Å². The van der Waals surface area contributed by atoms with Gasteiger partial charge in [-0.15, -0.1) is 6.42 Å². The van der Waals surface area contributed by atoms with Gasteiger partial charge in [0.2, 0.25) is 0 Å². The van der Waals surface area contributed by atoms with E-state index in [1.807, 2.05) is 39.0 Å². The Bertz CT molecular complexity index is 543. The van der Waals surface area contributed by atoms with Crippen LogP contribution in [-0.4, -0.2) is 30.2 Å². The van der Waals surface area contributed by atoms with Gasteiger partial charge in [0.05, 0.1) is 20.2 Å². The van der Waals surface area contributed by atoms with Crippen LogP contribution in [0, 0.1) is 12.3 Å².